The fourth-order valence-corrected chi connectivity index (χ4v) is 8.83. The molecule has 10 rings (SSSR count). The topological polar surface area (TPSA) is 3.24 Å². The molecule has 1 nitrogen and oxygen atoms in total. The zero-order chi connectivity index (χ0) is 34.4. The summed E-state index contributed by atoms with van der Waals surface area (Å²) in [5, 5.41) is 7.67. The molecular formula is C50H33NS. The van der Waals surface area contributed by atoms with Gasteiger partial charge in [-0.15, -0.1) is 11.3 Å². The minimum atomic E-state index is 1.12. The van der Waals surface area contributed by atoms with Crippen LogP contribution in [0.25, 0.3) is 75.1 Å². The molecule has 0 N–H and O–H groups in total. The summed E-state index contributed by atoms with van der Waals surface area (Å²) in [6.45, 7) is 0. The molecule has 2 heteroatoms. The van der Waals surface area contributed by atoms with Crippen LogP contribution < -0.4 is 4.90 Å². The molecule has 0 spiro atoms. The lowest BCUT2D eigenvalue weighted by molar-refractivity contribution is 1.30. The van der Waals surface area contributed by atoms with Crippen molar-refractivity contribution >= 4 is 70.1 Å². The van der Waals surface area contributed by atoms with E-state index in [-0.39, 0.29) is 0 Å². The van der Waals surface area contributed by atoms with Crippen LogP contribution in [0.4, 0.5) is 17.1 Å². The highest BCUT2D eigenvalue weighted by atomic mass is 32.1. The molecule has 0 amide bonds. The standard InChI is InChI=1S/C50H33NS/c1-3-10-34(11-4-1)36-20-26-42(27-21-36)51(47-16-9-17-48-50(47)46-31-25-40(33-49(46)52-48)35-12-5-2-6-13-35)43-28-22-37(23-29-43)39-24-30-45-41(32-39)19-18-38-14-7-8-15-44(38)45/h1-33H. The Labute approximate surface area is 307 Å². The molecule has 0 aliphatic heterocycles. The average molecular weight is 680 g/mol. The van der Waals surface area contributed by atoms with Gasteiger partial charge in [0.25, 0.3) is 0 Å². The van der Waals surface area contributed by atoms with Gasteiger partial charge in [-0.2, -0.15) is 0 Å². The van der Waals surface area contributed by atoms with E-state index in [1.54, 1.807) is 0 Å². The zero-order valence-electron chi connectivity index (χ0n) is 28.4. The molecule has 0 aliphatic rings. The van der Waals surface area contributed by atoms with Gasteiger partial charge in [0.15, 0.2) is 0 Å². The monoisotopic (exact) mass is 679 g/mol. The SMILES string of the molecule is c1ccc(-c2ccc(N(c3ccc(-c4ccc5c(ccc6ccccc65)c4)cc3)c3cccc4sc5cc(-c6ccccc6)ccc5c34)cc2)cc1. The third-order valence-electron chi connectivity index (χ3n) is 10.3. The Morgan fingerprint density at radius 1 is 0.308 bits per heavy atom. The molecule has 0 radical (unpaired) electrons. The number of fused-ring (bicyclic) bond motifs is 6. The van der Waals surface area contributed by atoms with Gasteiger partial charge in [-0.1, -0.05) is 152 Å². The molecular weight excluding hydrogens is 647 g/mol. The second-order valence-electron chi connectivity index (χ2n) is 13.3. The number of hydrogen-bond donors (Lipinski definition) is 0. The molecule has 1 aromatic heterocycles. The van der Waals surface area contributed by atoms with Crippen LogP contribution in [0.5, 0.6) is 0 Å². The molecule has 0 saturated carbocycles. The van der Waals surface area contributed by atoms with E-state index in [0.29, 0.717) is 0 Å². The van der Waals surface area contributed by atoms with Crippen LogP contribution in [-0.2, 0) is 0 Å². The van der Waals surface area contributed by atoms with Crippen molar-refractivity contribution in [3.63, 3.8) is 0 Å². The number of anilines is 3. The highest BCUT2D eigenvalue weighted by Crippen LogP contribution is 2.46. The molecule has 0 atom stereocenters. The van der Waals surface area contributed by atoms with Gasteiger partial charge in [0, 0.05) is 31.5 Å². The summed E-state index contributed by atoms with van der Waals surface area (Å²) in [5.74, 6) is 0. The first kappa shape index (κ1) is 30.4. The first-order valence-corrected chi connectivity index (χ1v) is 18.6. The molecule has 10 aromatic rings. The minimum Gasteiger partial charge on any atom is -0.310 e. The summed E-state index contributed by atoms with van der Waals surface area (Å²) in [6, 6.07) is 72.9. The second kappa shape index (κ2) is 12.7. The van der Waals surface area contributed by atoms with E-state index in [2.05, 4.69) is 205 Å². The maximum atomic E-state index is 2.42. The van der Waals surface area contributed by atoms with Crippen molar-refractivity contribution in [2.75, 3.05) is 4.90 Å². The van der Waals surface area contributed by atoms with Crippen LogP contribution in [0.2, 0.25) is 0 Å². The predicted molar refractivity (Wildman–Crippen MR) is 225 cm³/mol. The number of rotatable bonds is 6. The summed E-state index contributed by atoms with van der Waals surface area (Å²) in [4.78, 5) is 2.42. The Hall–Kier alpha value is -6.48. The van der Waals surface area contributed by atoms with E-state index in [0.717, 1.165) is 11.4 Å². The largest absolute Gasteiger partial charge is 0.310 e. The van der Waals surface area contributed by atoms with Crippen LogP contribution in [0.3, 0.4) is 0 Å². The minimum absolute atomic E-state index is 1.12. The van der Waals surface area contributed by atoms with Crippen LogP contribution in [0.1, 0.15) is 0 Å². The Morgan fingerprint density at radius 3 is 1.54 bits per heavy atom. The van der Waals surface area contributed by atoms with Gasteiger partial charge in [0.1, 0.15) is 0 Å². The molecule has 9 aromatic carbocycles. The van der Waals surface area contributed by atoms with Crippen molar-refractivity contribution in [2.24, 2.45) is 0 Å². The number of nitrogens with zero attached hydrogens (tertiary/aromatic N) is 1. The van der Waals surface area contributed by atoms with Crippen LogP contribution in [0.15, 0.2) is 200 Å². The number of thiophene rings is 1. The van der Waals surface area contributed by atoms with Crippen molar-refractivity contribution in [3.8, 4) is 33.4 Å². The summed E-state index contributed by atoms with van der Waals surface area (Å²) < 4.78 is 2.58. The Bertz CT molecular complexity index is 2870. The maximum absolute atomic E-state index is 2.42. The van der Waals surface area contributed by atoms with Crippen LogP contribution >= 0.6 is 11.3 Å². The third kappa shape index (κ3) is 5.33. The summed E-state index contributed by atoms with van der Waals surface area (Å²) >= 11 is 1.87. The molecule has 244 valence electrons. The third-order valence-corrected chi connectivity index (χ3v) is 11.4. The maximum Gasteiger partial charge on any atom is 0.0554 e. The Morgan fingerprint density at radius 2 is 0.827 bits per heavy atom. The summed E-state index contributed by atoms with van der Waals surface area (Å²) in [5.41, 5.74) is 10.7. The lowest BCUT2D eigenvalue weighted by Gasteiger charge is -2.27. The van der Waals surface area contributed by atoms with Gasteiger partial charge >= 0.3 is 0 Å². The Balaban J connectivity index is 1.10. The van der Waals surface area contributed by atoms with Gasteiger partial charge in [-0.3, -0.25) is 0 Å². The van der Waals surface area contributed by atoms with Gasteiger partial charge in [-0.05, 0) is 103 Å². The fraction of sp³-hybridized carbons (Fsp3) is 0. The van der Waals surface area contributed by atoms with Gasteiger partial charge in [0.2, 0.25) is 0 Å². The van der Waals surface area contributed by atoms with Crippen LogP contribution in [0, 0.1) is 0 Å². The zero-order valence-corrected chi connectivity index (χ0v) is 29.2. The first-order valence-electron chi connectivity index (χ1n) is 17.8. The molecule has 0 saturated heterocycles. The second-order valence-corrected chi connectivity index (χ2v) is 14.4. The van der Waals surface area contributed by atoms with Gasteiger partial charge < -0.3 is 4.90 Å². The Kier molecular flexibility index (Phi) is 7.41. The summed E-state index contributed by atoms with van der Waals surface area (Å²) in [7, 11) is 0. The van der Waals surface area contributed by atoms with Crippen molar-refractivity contribution < 1.29 is 0 Å². The number of benzene rings is 9. The number of hydrogen-bond acceptors (Lipinski definition) is 2. The van der Waals surface area contributed by atoms with Crippen LogP contribution in [-0.4, -0.2) is 0 Å². The fourth-order valence-electron chi connectivity index (χ4n) is 7.66. The van der Waals surface area contributed by atoms with E-state index in [9.17, 15) is 0 Å². The van der Waals surface area contributed by atoms with E-state index in [4.69, 9.17) is 0 Å². The average Bonchev–Trinajstić information content (AvgIpc) is 3.61. The molecule has 0 aliphatic carbocycles. The van der Waals surface area contributed by atoms with E-state index < -0.39 is 0 Å². The van der Waals surface area contributed by atoms with Crippen molar-refractivity contribution in [2.45, 2.75) is 0 Å². The van der Waals surface area contributed by atoms with Crippen molar-refractivity contribution in [1.82, 2.24) is 0 Å². The van der Waals surface area contributed by atoms with E-state index in [1.165, 1.54) is 80.8 Å². The molecule has 1 heterocycles. The highest BCUT2D eigenvalue weighted by molar-refractivity contribution is 7.26. The lowest BCUT2D eigenvalue weighted by Crippen LogP contribution is -2.10. The van der Waals surface area contributed by atoms with E-state index >= 15 is 0 Å². The molecule has 52 heavy (non-hydrogen) atoms. The lowest BCUT2D eigenvalue weighted by atomic mass is 9.97. The molecule has 0 fully saturated rings. The predicted octanol–water partition coefficient (Wildman–Crippen LogP) is 14.8. The highest BCUT2D eigenvalue weighted by Gasteiger charge is 2.19. The van der Waals surface area contributed by atoms with Gasteiger partial charge in [0.05, 0.1) is 5.69 Å². The van der Waals surface area contributed by atoms with E-state index in [1.807, 2.05) is 11.3 Å². The normalized spacial score (nSPS) is 11.5. The first-order chi connectivity index (χ1) is 25.8. The molecule has 0 unspecified atom stereocenters. The molecule has 0 bridgehead atoms. The summed E-state index contributed by atoms with van der Waals surface area (Å²) in [6.07, 6.45) is 0. The van der Waals surface area contributed by atoms with Crippen molar-refractivity contribution in [1.29, 1.82) is 0 Å². The van der Waals surface area contributed by atoms with Crippen molar-refractivity contribution in [3.05, 3.63) is 200 Å². The quantitative estimate of drug-likeness (QED) is 0.158. The smallest absolute Gasteiger partial charge is 0.0554 e. The van der Waals surface area contributed by atoms with Gasteiger partial charge in [-0.25, -0.2) is 0 Å².